The number of Topliss-reactive ketones (excluding diaryl/α,β-unsaturated/α-hetero) is 1. The lowest BCUT2D eigenvalue weighted by Gasteiger charge is -2.19. The van der Waals surface area contributed by atoms with E-state index in [4.69, 9.17) is 5.73 Å². The predicted octanol–water partition coefficient (Wildman–Crippen LogP) is 2.89. The number of benzene rings is 2. The molecule has 0 saturated carbocycles. The van der Waals surface area contributed by atoms with Crippen molar-refractivity contribution in [2.45, 2.75) is 25.3 Å². The number of nitrogens with zero attached hydrogens (tertiary/aromatic N) is 2. The van der Waals surface area contributed by atoms with Gasteiger partial charge in [-0.25, -0.2) is 13.8 Å². The summed E-state index contributed by atoms with van der Waals surface area (Å²) in [5.41, 5.74) is 7.26. The number of aromatic nitrogens is 1. The van der Waals surface area contributed by atoms with Gasteiger partial charge in [-0.2, -0.15) is 0 Å². The number of anilines is 1. The van der Waals surface area contributed by atoms with Crippen LogP contribution in [0.4, 0.5) is 14.6 Å². The van der Waals surface area contributed by atoms with Crippen LogP contribution in [0, 0.1) is 11.6 Å². The van der Waals surface area contributed by atoms with Gasteiger partial charge in [0.15, 0.2) is 17.4 Å². The van der Waals surface area contributed by atoms with Crippen LogP contribution < -0.4 is 11.1 Å². The lowest BCUT2D eigenvalue weighted by molar-refractivity contribution is -0.128. The number of ketones is 1. The van der Waals surface area contributed by atoms with Crippen molar-refractivity contribution in [3.8, 4) is 0 Å². The summed E-state index contributed by atoms with van der Waals surface area (Å²) in [7, 11) is 3.49. The first-order valence-electron chi connectivity index (χ1n) is 10.3. The molecule has 3 rings (SSSR count). The second-order valence-electron chi connectivity index (χ2n) is 8.03. The fourth-order valence-electron chi connectivity index (χ4n) is 3.52. The van der Waals surface area contributed by atoms with Crippen LogP contribution in [-0.4, -0.2) is 48.3 Å². The van der Waals surface area contributed by atoms with Crippen LogP contribution >= 0.6 is 0 Å². The highest BCUT2D eigenvalue weighted by molar-refractivity contribution is 5.92. The topological polar surface area (TPSA) is 88.3 Å². The monoisotopic (exact) mass is 440 g/mol. The fraction of sp³-hybridized carbons (Fsp3) is 0.292. The number of aryl methyl sites for hydroxylation is 1. The number of fused-ring (bicyclic) bond motifs is 1. The molecule has 1 heterocycles. The lowest BCUT2D eigenvalue weighted by atomic mass is 9.97. The van der Waals surface area contributed by atoms with Gasteiger partial charge in [0.25, 0.3) is 0 Å². The van der Waals surface area contributed by atoms with Crippen LogP contribution in [0.1, 0.15) is 17.5 Å². The number of carbonyl (C=O) groups is 2. The number of hydrogen-bond donors (Lipinski definition) is 2. The predicted molar refractivity (Wildman–Crippen MR) is 120 cm³/mol. The molecule has 0 aliphatic heterocycles. The van der Waals surface area contributed by atoms with Crippen molar-refractivity contribution >= 4 is 28.3 Å². The maximum atomic E-state index is 13.6. The summed E-state index contributed by atoms with van der Waals surface area (Å²) < 4.78 is 26.9. The molecule has 2 aromatic carbocycles. The van der Waals surface area contributed by atoms with Gasteiger partial charge in [0.2, 0.25) is 5.91 Å². The second-order valence-corrected chi connectivity index (χ2v) is 8.03. The minimum Gasteiger partial charge on any atom is -0.383 e. The Kier molecular flexibility index (Phi) is 7.48. The highest BCUT2D eigenvalue weighted by Gasteiger charge is 2.22. The molecule has 0 unspecified atom stereocenters. The molecule has 0 fully saturated rings. The Bertz CT molecular complexity index is 1130. The molecule has 0 bridgehead atoms. The smallest absolute Gasteiger partial charge is 0.234 e. The number of nitrogens with two attached hydrogens (primary N) is 1. The minimum atomic E-state index is -0.988. The Labute approximate surface area is 185 Å². The van der Waals surface area contributed by atoms with Gasteiger partial charge in [-0.3, -0.25) is 9.59 Å². The van der Waals surface area contributed by atoms with Gasteiger partial charge in [0, 0.05) is 18.0 Å². The molecule has 1 amide bonds. The fourth-order valence-corrected chi connectivity index (χ4v) is 3.52. The van der Waals surface area contributed by atoms with E-state index in [1.54, 1.807) is 25.2 Å². The zero-order chi connectivity index (χ0) is 23.3. The summed E-state index contributed by atoms with van der Waals surface area (Å²) >= 11 is 0. The molecule has 0 aliphatic carbocycles. The van der Waals surface area contributed by atoms with Crippen molar-refractivity contribution in [2.75, 3.05) is 26.4 Å². The molecule has 6 nitrogen and oxygen atoms in total. The largest absolute Gasteiger partial charge is 0.383 e. The van der Waals surface area contributed by atoms with Crippen molar-refractivity contribution in [1.29, 1.82) is 0 Å². The molecule has 168 valence electrons. The van der Waals surface area contributed by atoms with E-state index in [1.807, 2.05) is 24.3 Å². The van der Waals surface area contributed by atoms with Crippen molar-refractivity contribution in [2.24, 2.45) is 0 Å². The normalized spacial score (nSPS) is 12.2. The van der Waals surface area contributed by atoms with E-state index in [9.17, 15) is 18.4 Å². The molecule has 32 heavy (non-hydrogen) atoms. The van der Waals surface area contributed by atoms with E-state index in [2.05, 4.69) is 10.3 Å². The maximum absolute atomic E-state index is 13.6. The third kappa shape index (κ3) is 6.07. The summed E-state index contributed by atoms with van der Waals surface area (Å²) in [6.45, 7) is 0.113. The standard InChI is InChI=1S/C24H26F2N4O2/c1-30(2)14-23(32)29-21(13-16-4-7-19(25)20(26)12-16)22(31)8-5-15-3-6-18-17(11-15)9-10-28-24(18)27/h3-4,6-7,9-12,21H,5,8,13-14H2,1-2H3,(H2,27,28)(H,29,32)/t21-/m0/s1. The zero-order valence-electron chi connectivity index (χ0n) is 18.1. The number of amides is 1. The summed E-state index contributed by atoms with van der Waals surface area (Å²) in [6.07, 6.45) is 2.36. The van der Waals surface area contributed by atoms with Crippen LogP contribution in [0.15, 0.2) is 48.7 Å². The first-order chi connectivity index (χ1) is 15.2. The van der Waals surface area contributed by atoms with Gasteiger partial charge in [-0.15, -0.1) is 0 Å². The number of carbonyl (C=O) groups excluding carboxylic acids is 2. The summed E-state index contributed by atoms with van der Waals surface area (Å²) in [4.78, 5) is 31.0. The third-order valence-electron chi connectivity index (χ3n) is 5.13. The van der Waals surface area contributed by atoms with E-state index in [0.717, 1.165) is 28.5 Å². The van der Waals surface area contributed by atoms with E-state index in [-0.39, 0.29) is 31.1 Å². The maximum Gasteiger partial charge on any atom is 0.234 e. The quantitative estimate of drug-likeness (QED) is 0.534. The number of hydrogen-bond acceptors (Lipinski definition) is 5. The number of halogens is 2. The van der Waals surface area contributed by atoms with E-state index in [0.29, 0.717) is 17.8 Å². The molecular weight excluding hydrogens is 414 g/mol. The molecular formula is C24H26F2N4O2. The number of nitrogens with one attached hydrogen (secondary N) is 1. The number of rotatable bonds is 9. The Hall–Kier alpha value is -3.39. The van der Waals surface area contributed by atoms with Gasteiger partial charge in [-0.1, -0.05) is 24.3 Å². The number of likely N-dealkylation sites (N-methyl/N-ethyl adjacent to an activating group) is 1. The van der Waals surface area contributed by atoms with E-state index < -0.39 is 17.7 Å². The summed E-state index contributed by atoms with van der Waals surface area (Å²) in [6, 6.07) is 10.2. The summed E-state index contributed by atoms with van der Waals surface area (Å²) in [5.74, 6) is -2.00. The molecule has 3 N–H and O–H groups in total. The van der Waals surface area contributed by atoms with E-state index in [1.165, 1.54) is 6.07 Å². The van der Waals surface area contributed by atoms with Gasteiger partial charge in [0.05, 0.1) is 12.6 Å². The molecule has 3 aromatic rings. The molecule has 1 aromatic heterocycles. The lowest BCUT2D eigenvalue weighted by Crippen LogP contribution is -2.45. The molecule has 0 aliphatic rings. The number of nitrogen functional groups attached to an aromatic ring is 1. The first kappa shape index (κ1) is 23.3. The van der Waals surface area contributed by atoms with Gasteiger partial charge >= 0.3 is 0 Å². The van der Waals surface area contributed by atoms with Crippen molar-refractivity contribution in [3.63, 3.8) is 0 Å². The zero-order valence-corrected chi connectivity index (χ0v) is 18.1. The average Bonchev–Trinajstić information content (AvgIpc) is 2.73. The van der Waals surface area contributed by atoms with Crippen molar-refractivity contribution in [1.82, 2.24) is 15.2 Å². The van der Waals surface area contributed by atoms with Crippen LogP contribution in [0.3, 0.4) is 0 Å². The van der Waals surface area contributed by atoms with Crippen LogP contribution in [0.5, 0.6) is 0 Å². The van der Waals surface area contributed by atoms with Gasteiger partial charge in [0.1, 0.15) is 5.82 Å². The third-order valence-corrected chi connectivity index (χ3v) is 5.13. The van der Waals surface area contributed by atoms with Crippen molar-refractivity contribution in [3.05, 3.63) is 71.4 Å². The second kappa shape index (κ2) is 10.3. The minimum absolute atomic E-state index is 0.0785. The Morgan fingerprint density at radius 3 is 2.53 bits per heavy atom. The van der Waals surface area contributed by atoms with Crippen LogP contribution in [0.25, 0.3) is 10.8 Å². The molecule has 0 spiro atoms. The molecule has 0 radical (unpaired) electrons. The SMILES string of the molecule is CN(C)CC(=O)N[C@@H](Cc1ccc(F)c(F)c1)C(=O)CCc1ccc2c(N)nccc2c1. The van der Waals surface area contributed by atoms with Gasteiger partial charge in [-0.05, 0) is 61.6 Å². The van der Waals surface area contributed by atoms with Gasteiger partial charge < -0.3 is 16.0 Å². The molecule has 1 atom stereocenters. The van der Waals surface area contributed by atoms with Crippen molar-refractivity contribution < 1.29 is 18.4 Å². The Morgan fingerprint density at radius 2 is 1.81 bits per heavy atom. The number of pyridine rings is 1. The highest BCUT2D eigenvalue weighted by Crippen LogP contribution is 2.21. The average molecular weight is 440 g/mol. The summed E-state index contributed by atoms with van der Waals surface area (Å²) in [5, 5.41) is 4.51. The Balaban J connectivity index is 1.73. The first-order valence-corrected chi connectivity index (χ1v) is 10.3. The molecule has 8 heteroatoms. The van der Waals surface area contributed by atoms with Crippen LogP contribution in [0.2, 0.25) is 0 Å². The van der Waals surface area contributed by atoms with E-state index >= 15 is 0 Å². The molecule has 0 saturated heterocycles. The highest BCUT2D eigenvalue weighted by atomic mass is 19.2. The van der Waals surface area contributed by atoms with Crippen LogP contribution in [-0.2, 0) is 22.4 Å². The Morgan fingerprint density at radius 1 is 1.06 bits per heavy atom.